The molecule has 0 atom stereocenters. The van der Waals surface area contributed by atoms with Gasteiger partial charge in [0.05, 0.1) is 18.4 Å². The van der Waals surface area contributed by atoms with E-state index in [0.29, 0.717) is 22.8 Å². The highest BCUT2D eigenvalue weighted by Crippen LogP contribution is 2.29. The molecule has 1 aliphatic heterocycles. The lowest BCUT2D eigenvalue weighted by Crippen LogP contribution is -2.02. The Morgan fingerprint density at radius 2 is 2.25 bits per heavy atom. The average molecular weight is 271 g/mol. The highest BCUT2D eigenvalue weighted by atomic mass is 16.7. The van der Waals surface area contributed by atoms with Crippen molar-refractivity contribution in [3.05, 3.63) is 29.3 Å². The van der Waals surface area contributed by atoms with Crippen LogP contribution in [0.15, 0.2) is 28.9 Å². The van der Waals surface area contributed by atoms with E-state index >= 15 is 0 Å². The molecule has 0 bridgehead atoms. The molecule has 0 unspecified atom stereocenters. The van der Waals surface area contributed by atoms with Gasteiger partial charge in [-0.05, 0) is 30.7 Å². The first-order valence-corrected chi connectivity index (χ1v) is 5.88. The second kappa shape index (κ2) is 5.93. The minimum Gasteiger partial charge on any atom is -0.493 e. The standard InChI is InChI=1S/C15H13NO4/c1-4-7-19-13-6-5-11(9-14(13)18-3)8-12-10(2)16-20-15(12)17/h1,5-6,8-9H,7H2,2-3H3/b12-8-. The predicted octanol–water partition coefficient (Wildman–Crippen LogP) is 2.02. The number of rotatable bonds is 4. The van der Waals surface area contributed by atoms with Crippen molar-refractivity contribution in [2.45, 2.75) is 6.92 Å². The van der Waals surface area contributed by atoms with Crippen LogP contribution in [0.5, 0.6) is 11.5 Å². The van der Waals surface area contributed by atoms with Gasteiger partial charge in [0.1, 0.15) is 6.61 Å². The van der Waals surface area contributed by atoms with E-state index in [9.17, 15) is 4.79 Å². The van der Waals surface area contributed by atoms with Crippen LogP contribution in [-0.2, 0) is 9.63 Å². The van der Waals surface area contributed by atoms with Crippen LogP contribution in [0.4, 0.5) is 0 Å². The van der Waals surface area contributed by atoms with Crippen LogP contribution in [0.3, 0.4) is 0 Å². The first-order valence-electron chi connectivity index (χ1n) is 5.88. The highest BCUT2D eigenvalue weighted by molar-refractivity contribution is 6.24. The molecule has 0 radical (unpaired) electrons. The molecule has 20 heavy (non-hydrogen) atoms. The van der Waals surface area contributed by atoms with E-state index < -0.39 is 5.97 Å². The zero-order valence-electron chi connectivity index (χ0n) is 11.2. The molecule has 2 rings (SSSR count). The molecular weight excluding hydrogens is 258 g/mol. The molecule has 1 heterocycles. The molecule has 102 valence electrons. The van der Waals surface area contributed by atoms with Crippen LogP contribution in [0.25, 0.3) is 6.08 Å². The van der Waals surface area contributed by atoms with Gasteiger partial charge in [-0.25, -0.2) is 4.79 Å². The van der Waals surface area contributed by atoms with E-state index in [0.717, 1.165) is 5.56 Å². The lowest BCUT2D eigenvalue weighted by atomic mass is 10.1. The molecule has 0 aliphatic carbocycles. The summed E-state index contributed by atoms with van der Waals surface area (Å²) in [5.74, 6) is 3.01. The van der Waals surface area contributed by atoms with Gasteiger partial charge >= 0.3 is 5.97 Å². The molecule has 0 aromatic heterocycles. The zero-order valence-corrected chi connectivity index (χ0v) is 11.2. The summed E-state index contributed by atoms with van der Waals surface area (Å²) in [5, 5.41) is 3.62. The normalized spacial score (nSPS) is 15.6. The maximum atomic E-state index is 11.5. The number of ether oxygens (including phenoxy) is 2. The monoisotopic (exact) mass is 271 g/mol. The summed E-state index contributed by atoms with van der Waals surface area (Å²) in [4.78, 5) is 16.1. The minimum absolute atomic E-state index is 0.162. The lowest BCUT2D eigenvalue weighted by Gasteiger charge is -2.09. The Labute approximate surface area is 116 Å². The Morgan fingerprint density at radius 1 is 1.45 bits per heavy atom. The van der Waals surface area contributed by atoms with Crippen molar-refractivity contribution < 1.29 is 19.1 Å². The van der Waals surface area contributed by atoms with Gasteiger partial charge in [0.25, 0.3) is 0 Å². The number of nitrogens with zero attached hydrogens (tertiary/aromatic N) is 1. The summed E-state index contributed by atoms with van der Waals surface area (Å²) in [6.07, 6.45) is 6.83. The molecule has 0 N–H and O–H groups in total. The van der Waals surface area contributed by atoms with Crippen molar-refractivity contribution in [3.63, 3.8) is 0 Å². The van der Waals surface area contributed by atoms with E-state index in [2.05, 4.69) is 15.9 Å². The van der Waals surface area contributed by atoms with Gasteiger partial charge in [0.15, 0.2) is 11.5 Å². The Balaban J connectivity index is 2.31. The fraction of sp³-hybridized carbons (Fsp3) is 0.200. The molecule has 0 saturated carbocycles. The number of carbonyl (C=O) groups excluding carboxylic acids is 1. The van der Waals surface area contributed by atoms with Gasteiger partial charge in [-0.1, -0.05) is 17.1 Å². The third kappa shape index (κ3) is 2.81. The molecule has 1 aromatic rings. The summed E-state index contributed by atoms with van der Waals surface area (Å²) in [7, 11) is 1.53. The van der Waals surface area contributed by atoms with Crippen LogP contribution in [0.2, 0.25) is 0 Å². The third-order valence-corrected chi connectivity index (χ3v) is 2.68. The number of oxime groups is 1. The second-order valence-electron chi connectivity index (χ2n) is 4.02. The minimum atomic E-state index is -0.464. The number of hydrogen-bond acceptors (Lipinski definition) is 5. The van der Waals surface area contributed by atoms with Crippen LogP contribution in [-0.4, -0.2) is 25.4 Å². The summed E-state index contributed by atoms with van der Waals surface area (Å²) in [6, 6.07) is 5.27. The Hall–Kier alpha value is -2.74. The summed E-state index contributed by atoms with van der Waals surface area (Å²) in [6.45, 7) is 1.87. The molecule has 1 aromatic carbocycles. The van der Waals surface area contributed by atoms with Crippen LogP contribution >= 0.6 is 0 Å². The van der Waals surface area contributed by atoms with Gasteiger partial charge in [-0.15, -0.1) is 6.42 Å². The fourth-order valence-electron chi connectivity index (χ4n) is 1.70. The number of terminal acetylenes is 1. The lowest BCUT2D eigenvalue weighted by molar-refractivity contribution is -0.136. The largest absolute Gasteiger partial charge is 0.493 e. The van der Waals surface area contributed by atoms with Crippen LogP contribution < -0.4 is 9.47 Å². The predicted molar refractivity (Wildman–Crippen MR) is 74.5 cm³/mol. The highest BCUT2D eigenvalue weighted by Gasteiger charge is 2.21. The van der Waals surface area contributed by atoms with Crippen molar-refractivity contribution in [1.82, 2.24) is 0 Å². The van der Waals surface area contributed by atoms with E-state index in [1.165, 1.54) is 7.11 Å². The molecule has 0 fully saturated rings. The van der Waals surface area contributed by atoms with Crippen LogP contribution in [0.1, 0.15) is 12.5 Å². The Morgan fingerprint density at radius 3 is 2.85 bits per heavy atom. The van der Waals surface area contributed by atoms with Crippen molar-refractivity contribution in [2.24, 2.45) is 5.16 Å². The Bertz CT molecular complexity index is 638. The van der Waals surface area contributed by atoms with Crippen molar-refractivity contribution in [3.8, 4) is 23.8 Å². The molecule has 0 spiro atoms. The van der Waals surface area contributed by atoms with Gasteiger partial charge < -0.3 is 14.3 Å². The zero-order chi connectivity index (χ0) is 14.5. The van der Waals surface area contributed by atoms with Gasteiger partial charge in [0, 0.05) is 0 Å². The topological polar surface area (TPSA) is 57.1 Å². The molecule has 0 amide bonds. The Kier molecular flexibility index (Phi) is 4.06. The summed E-state index contributed by atoms with van der Waals surface area (Å²) in [5.41, 5.74) is 1.74. The SMILES string of the molecule is C#CCOc1ccc(/C=C2\C(=O)ON=C2C)cc1OC. The first kappa shape index (κ1) is 13.7. The van der Waals surface area contributed by atoms with Gasteiger partial charge in [-0.2, -0.15) is 0 Å². The van der Waals surface area contributed by atoms with Crippen molar-refractivity contribution in [2.75, 3.05) is 13.7 Å². The molecule has 5 heteroatoms. The maximum Gasteiger partial charge on any atom is 0.367 e. The quantitative estimate of drug-likeness (QED) is 0.477. The van der Waals surface area contributed by atoms with Gasteiger partial charge in [-0.3, -0.25) is 0 Å². The fourth-order valence-corrected chi connectivity index (χ4v) is 1.70. The summed E-state index contributed by atoms with van der Waals surface area (Å²) < 4.78 is 10.6. The summed E-state index contributed by atoms with van der Waals surface area (Å²) >= 11 is 0. The van der Waals surface area contributed by atoms with Gasteiger partial charge in [0.2, 0.25) is 0 Å². The average Bonchev–Trinajstić information content (AvgIpc) is 2.77. The first-order chi connectivity index (χ1) is 9.65. The number of carbonyl (C=O) groups is 1. The van der Waals surface area contributed by atoms with Crippen molar-refractivity contribution >= 4 is 17.8 Å². The van der Waals surface area contributed by atoms with E-state index in [-0.39, 0.29) is 6.61 Å². The van der Waals surface area contributed by atoms with E-state index in [1.54, 1.807) is 31.2 Å². The third-order valence-electron chi connectivity index (χ3n) is 2.68. The maximum absolute atomic E-state index is 11.5. The smallest absolute Gasteiger partial charge is 0.367 e. The molecule has 1 aliphatic rings. The van der Waals surface area contributed by atoms with E-state index in [1.807, 2.05) is 0 Å². The second-order valence-corrected chi connectivity index (χ2v) is 4.02. The number of methoxy groups -OCH3 is 1. The molecular formula is C15H13NO4. The van der Waals surface area contributed by atoms with Crippen LogP contribution in [0, 0.1) is 12.3 Å². The number of hydrogen-bond donors (Lipinski definition) is 0. The molecule has 0 saturated heterocycles. The molecule has 5 nitrogen and oxygen atoms in total. The number of benzene rings is 1. The van der Waals surface area contributed by atoms with Crippen molar-refractivity contribution in [1.29, 1.82) is 0 Å². The van der Waals surface area contributed by atoms with E-state index in [4.69, 9.17) is 15.9 Å².